The number of halogens is 1. The summed E-state index contributed by atoms with van der Waals surface area (Å²) in [4.78, 5) is 17.8. The zero-order valence-electron chi connectivity index (χ0n) is 10.7. The van der Waals surface area contributed by atoms with Crippen LogP contribution in [0.2, 0.25) is 5.15 Å². The van der Waals surface area contributed by atoms with E-state index in [9.17, 15) is 4.79 Å². The first-order chi connectivity index (χ1) is 9.59. The van der Waals surface area contributed by atoms with Crippen molar-refractivity contribution < 1.29 is 0 Å². The molecule has 0 aliphatic carbocycles. The maximum atomic E-state index is 12.7. The molecule has 2 heterocycles. The monoisotopic (exact) mass is 305 g/mol. The highest BCUT2D eigenvalue weighted by atomic mass is 35.5. The highest BCUT2D eigenvalue weighted by Gasteiger charge is 2.19. The summed E-state index contributed by atoms with van der Waals surface area (Å²) in [6.07, 6.45) is 0. The highest BCUT2D eigenvalue weighted by Crippen LogP contribution is 2.26. The fraction of sp³-hybridized carbons (Fsp3) is 0.143. The van der Waals surface area contributed by atoms with E-state index < -0.39 is 0 Å². The lowest BCUT2D eigenvalue weighted by atomic mass is 10.0. The Kier molecular flexibility index (Phi) is 3.33. The summed E-state index contributed by atoms with van der Waals surface area (Å²) in [7, 11) is 0. The molecule has 1 aromatic carbocycles. The predicted octanol–water partition coefficient (Wildman–Crippen LogP) is 3.10. The van der Waals surface area contributed by atoms with Crippen LogP contribution in [-0.4, -0.2) is 9.38 Å². The van der Waals surface area contributed by atoms with Crippen molar-refractivity contribution >= 4 is 27.9 Å². The smallest absolute Gasteiger partial charge is 0.267 e. The van der Waals surface area contributed by atoms with Crippen LogP contribution < -0.4 is 11.3 Å². The van der Waals surface area contributed by atoms with Gasteiger partial charge in [0.2, 0.25) is 0 Å². The maximum Gasteiger partial charge on any atom is 0.267 e. The molecule has 0 aliphatic rings. The molecule has 0 radical (unpaired) electrons. The van der Waals surface area contributed by atoms with Crippen LogP contribution in [0, 0.1) is 0 Å². The van der Waals surface area contributed by atoms with Gasteiger partial charge in [0.05, 0.1) is 11.3 Å². The second-order valence-electron chi connectivity index (χ2n) is 4.51. The Morgan fingerprint density at radius 3 is 2.70 bits per heavy atom. The number of hydrogen-bond acceptors (Lipinski definition) is 4. The molecule has 102 valence electrons. The molecule has 1 unspecified atom stereocenters. The van der Waals surface area contributed by atoms with Crippen molar-refractivity contribution in [3.05, 3.63) is 56.9 Å². The zero-order chi connectivity index (χ0) is 14.3. The number of thiazole rings is 1. The van der Waals surface area contributed by atoms with Crippen molar-refractivity contribution in [2.75, 3.05) is 0 Å². The molecular weight excluding hydrogens is 294 g/mol. The first-order valence-electron chi connectivity index (χ1n) is 6.10. The van der Waals surface area contributed by atoms with Crippen molar-refractivity contribution in [2.45, 2.75) is 13.0 Å². The summed E-state index contributed by atoms with van der Waals surface area (Å²) in [5, 5.41) is 2.07. The molecule has 0 aliphatic heterocycles. The first-order valence-corrected chi connectivity index (χ1v) is 7.36. The number of fused-ring (bicyclic) bond motifs is 1. The Hall–Kier alpha value is -1.69. The molecule has 0 spiro atoms. The summed E-state index contributed by atoms with van der Waals surface area (Å²) in [5.41, 5.74) is 7.71. The normalized spacial score (nSPS) is 12.8. The lowest BCUT2D eigenvalue weighted by molar-refractivity contribution is 0.779. The SMILES string of the molecule is CC(N)c1nc2scc(Cl)n2c(=O)c1-c1ccccc1. The van der Waals surface area contributed by atoms with E-state index in [0.717, 1.165) is 5.56 Å². The second kappa shape index (κ2) is 5.01. The highest BCUT2D eigenvalue weighted by molar-refractivity contribution is 7.15. The standard InChI is InChI=1S/C14H12ClN3OS/c1-8(16)12-11(9-5-3-2-4-6-9)13(19)18-10(15)7-20-14(18)17-12/h2-8H,16H2,1H3. The Bertz CT molecular complexity index is 824. The third kappa shape index (κ3) is 2.04. The van der Waals surface area contributed by atoms with E-state index in [2.05, 4.69) is 4.98 Å². The number of aromatic nitrogens is 2. The van der Waals surface area contributed by atoms with Crippen LogP contribution >= 0.6 is 22.9 Å². The van der Waals surface area contributed by atoms with Gasteiger partial charge in [-0.2, -0.15) is 0 Å². The number of benzene rings is 1. The largest absolute Gasteiger partial charge is 0.323 e. The van der Waals surface area contributed by atoms with Gasteiger partial charge in [-0.3, -0.25) is 4.79 Å². The molecule has 4 nitrogen and oxygen atoms in total. The number of hydrogen-bond donors (Lipinski definition) is 1. The Morgan fingerprint density at radius 1 is 1.35 bits per heavy atom. The van der Waals surface area contributed by atoms with Crippen molar-refractivity contribution in [1.82, 2.24) is 9.38 Å². The molecule has 0 amide bonds. The molecule has 0 fully saturated rings. The lowest BCUT2D eigenvalue weighted by Gasteiger charge is -2.12. The molecular formula is C14H12ClN3OS. The molecule has 2 N–H and O–H groups in total. The molecule has 2 aromatic heterocycles. The Labute approximate surface area is 124 Å². The Balaban J connectivity index is 2.45. The van der Waals surface area contributed by atoms with Gasteiger partial charge in [0.15, 0.2) is 4.96 Å². The van der Waals surface area contributed by atoms with E-state index in [1.807, 2.05) is 37.3 Å². The van der Waals surface area contributed by atoms with Crippen LogP contribution in [0.5, 0.6) is 0 Å². The van der Waals surface area contributed by atoms with E-state index in [-0.39, 0.29) is 11.6 Å². The van der Waals surface area contributed by atoms with Crippen LogP contribution in [0.25, 0.3) is 16.1 Å². The van der Waals surface area contributed by atoms with Gasteiger partial charge in [-0.15, -0.1) is 11.3 Å². The second-order valence-corrected chi connectivity index (χ2v) is 5.73. The van der Waals surface area contributed by atoms with Crippen LogP contribution in [0.3, 0.4) is 0 Å². The molecule has 0 saturated heterocycles. The summed E-state index contributed by atoms with van der Waals surface area (Å²) in [5.74, 6) is 0. The minimum absolute atomic E-state index is 0.181. The number of nitrogens with two attached hydrogens (primary N) is 1. The van der Waals surface area contributed by atoms with Crippen LogP contribution in [0.1, 0.15) is 18.7 Å². The lowest BCUT2D eigenvalue weighted by Crippen LogP contribution is -2.22. The fourth-order valence-electron chi connectivity index (χ4n) is 2.14. The average Bonchev–Trinajstić information content (AvgIpc) is 2.81. The number of rotatable bonds is 2. The fourth-order valence-corrected chi connectivity index (χ4v) is 3.23. The van der Waals surface area contributed by atoms with Gasteiger partial charge >= 0.3 is 0 Å². The van der Waals surface area contributed by atoms with Crippen LogP contribution in [0.15, 0.2) is 40.5 Å². The van der Waals surface area contributed by atoms with Crippen molar-refractivity contribution in [3.8, 4) is 11.1 Å². The third-order valence-electron chi connectivity index (χ3n) is 3.05. The van der Waals surface area contributed by atoms with Gasteiger partial charge in [-0.05, 0) is 12.5 Å². The van der Waals surface area contributed by atoms with Crippen LogP contribution in [0.4, 0.5) is 0 Å². The summed E-state index contributed by atoms with van der Waals surface area (Å²) in [6, 6.07) is 9.07. The van der Waals surface area contributed by atoms with Crippen molar-refractivity contribution in [3.63, 3.8) is 0 Å². The van der Waals surface area contributed by atoms with Gasteiger partial charge < -0.3 is 5.73 Å². The van der Waals surface area contributed by atoms with E-state index in [4.69, 9.17) is 17.3 Å². The van der Waals surface area contributed by atoms with Gasteiger partial charge in [-0.1, -0.05) is 41.9 Å². The van der Waals surface area contributed by atoms with E-state index in [1.54, 1.807) is 5.38 Å². The minimum Gasteiger partial charge on any atom is -0.323 e. The summed E-state index contributed by atoms with van der Waals surface area (Å²) >= 11 is 7.40. The molecule has 1 atom stereocenters. The molecule has 6 heteroatoms. The third-order valence-corrected chi connectivity index (χ3v) is 4.28. The zero-order valence-corrected chi connectivity index (χ0v) is 12.3. The molecule has 20 heavy (non-hydrogen) atoms. The summed E-state index contributed by atoms with van der Waals surface area (Å²) in [6.45, 7) is 1.82. The van der Waals surface area contributed by atoms with E-state index in [1.165, 1.54) is 15.7 Å². The van der Waals surface area contributed by atoms with Gasteiger partial charge in [-0.25, -0.2) is 9.38 Å². The quantitative estimate of drug-likeness (QED) is 0.791. The predicted molar refractivity (Wildman–Crippen MR) is 82.4 cm³/mol. The summed E-state index contributed by atoms with van der Waals surface area (Å²) < 4.78 is 1.42. The first kappa shape index (κ1) is 13.3. The van der Waals surface area contributed by atoms with Gasteiger partial charge in [0.1, 0.15) is 5.15 Å². The van der Waals surface area contributed by atoms with E-state index in [0.29, 0.717) is 21.4 Å². The number of nitrogens with zero attached hydrogens (tertiary/aromatic N) is 2. The molecule has 3 rings (SSSR count). The Morgan fingerprint density at radius 2 is 2.05 bits per heavy atom. The van der Waals surface area contributed by atoms with Gasteiger partial charge in [0.25, 0.3) is 5.56 Å². The van der Waals surface area contributed by atoms with Crippen molar-refractivity contribution in [2.24, 2.45) is 5.73 Å². The van der Waals surface area contributed by atoms with Gasteiger partial charge in [0, 0.05) is 11.4 Å². The van der Waals surface area contributed by atoms with Crippen molar-refractivity contribution in [1.29, 1.82) is 0 Å². The maximum absolute atomic E-state index is 12.7. The van der Waals surface area contributed by atoms with Crippen LogP contribution in [-0.2, 0) is 0 Å². The molecule has 0 saturated carbocycles. The molecule has 0 bridgehead atoms. The topological polar surface area (TPSA) is 60.4 Å². The average molecular weight is 306 g/mol. The minimum atomic E-state index is -0.330. The van der Waals surface area contributed by atoms with E-state index >= 15 is 0 Å². The molecule has 3 aromatic rings.